The molecule has 1 aliphatic carbocycles. The number of ether oxygens (including phenoxy) is 1. The minimum atomic E-state index is -0.403. The molecule has 0 radical (unpaired) electrons. The Kier molecular flexibility index (Phi) is 4.61. The topological polar surface area (TPSA) is 49.7 Å². The van der Waals surface area contributed by atoms with Crippen molar-refractivity contribution in [1.82, 2.24) is 0 Å². The van der Waals surface area contributed by atoms with E-state index in [0.29, 0.717) is 6.42 Å². The first kappa shape index (κ1) is 13.4. The average Bonchev–Trinajstić information content (AvgIpc) is 2.41. The summed E-state index contributed by atoms with van der Waals surface area (Å²) in [7, 11) is 0. The summed E-state index contributed by atoms with van der Waals surface area (Å²) in [6.45, 7) is 1.95. The SMILES string of the molecule is CC[C@@H](O)c1ccc(OC2CCCCC2O)cc1. The molecule has 3 atom stereocenters. The molecule has 1 aromatic carbocycles. The van der Waals surface area contributed by atoms with Crippen molar-refractivity contribution >= 4 is 0 Å². The van der Waals surface area contributed by atoms with E-state index in [2.05, 4.69) is 0 Å². The lowest BCUT2D eigenvalue weighted by atomic mass is 9.95. The van der Waals surface area contributed by atoms with E-state index in [0.717, 1.165) is 37.0 Å². The maximum atomic E-state index is 9.85. The highest BCUT2D eigenvalue weighted by atomic mass is 16.5. The van der Waals surface area contributed by atoms with Gasteiger partial charge in [-0.25, -0.2) is 0 Å². The molecule has 0 aromatic heterocycles. The van der Waals surface area contributed by atoms with Gasteiger partial charge in [-0.3, -0.25) is 0 Å². The number of aliphatic hydroxyl groups is 2. The third kappa shape index (κ3) is 3.24. The van der Waals surface area contributed by atoms with Crippen LogP contribution >= 0.6 is 0 Å². The van der Waals surface area contributed by atoms with E-state index >= 15 is 0 Å². The fourth-order valence-electron chi connectivity index (χ4n) is 2.39. The molecular formula is C15H22O3. The van der Waals surface area contributed by atoms with E-state index < -0.39 is 6.10 Å². The largest absolute Gasteiger partial charge is 0.488 e. The minimum absolute atomic E-state index is 0.0827. The van der Waals surface area contributed by atoms with Gasteiger partial charge < -0.3 is 14.9 Å². The van der Waals surface area contributed by atoms with E-state index in [4.69, 9.17) is 4.74 Å². The lowest BCUT2D eigenvalue weighted by molar-refractivity contribution is 0.00684. The van der Waals surface area contributed by atoms with Gasteiger partial charge in [0.2, 0.25) is 0 Å². The molecule has 0 spiro atoms. The van der Waals surface area contributed by atoms with Crippen molar-refractivity contribution in [3.8, 4) is 5.75 Å². The Morgan fingerprint density at radius 1 is 1.22 bits per heavy atom. The van der Waals surface area contributed by atoms with Gasteiger partial charge in [-0.1, -0.05) is 25.5 Å². The van der Waals surface area contributed by atoms with Crippen LogP contribution in [0.15, 0.2) is 24.3 Å². The second-order valence-corrected chi connectivity index (χ2v) is 5.00. The molecule has 1 fully saturated rings. The third-order valence-corrected chi connectivity index (χ3v) is 3.61. The van der Waals surface area contributed by atoms with Crippen LogP contribution in [0.4, 0.5) is 0 Å². The zero-order valence-corrected chi connectivity index (χ0v) is 10.9. The van der Waals surface area contributed by atoms with Crippen molar-refractivity contribution in [1.29, 1.82) is 0 Å². The summed E-state index contributed by atoms with van der Waals surface area (Å²) in [5.74, 6) is 0.771. The van der Waals surface area contributed by atoms with Crippen molar-refractivity contribution in [2.75, 3.05) is 0 Å². The molecule has 0 bridgehead atoms. The van der Waals surface area contributed by atoms with Gasteiger partial charge in [0.25, 0.3) is 0 Å². The highest BCUT2D eigenvalue weighted by Crippen LogP contribution is 2.25. The molecule has 0 aliphatic heterocycles. The molecule has 18 heavy (non-hydrogen) atoms. The minimum Gasteiger partial charge on any atom is -0.488 e. The lowest BCUT2D eigenvalue weighted by Gasteiger charge is -2.28. The molecule has 3 nitrogen and oxygen atoms in total. The smallest absolute Gasteiger partial charge is 0.124 e. The van der Waals surface area contributed by atoms with Crippen LogP contribution < -0.4 is 4.74 Å². The van der Waals surface area contributed by atoms with Gasteiger partial charge >= 0.3 is 0 Å². The Morgan fingerprint density at radius 2 is 1.89 bits per heavy atom. The predicted octanol–water partition coefficient (Wildman–Crippen LogP) is 2.81. The van der Waals surface area contributed by atoms with Gasteiger partial charge in [0, 0.05) is 0 Å². The number of benzene rings is 1. The van der Waals surface area contributed by atoms with Crippen LogP contribution in [-0.4, -0.2) is 22.4 Å². The average molecular weight is 250 g/mol. The van der Waals surface area contributed by atoms with Crippen LogP contribution in [0.25, 0.3) is 0 Å². The van der Waals surface area contributed by atoms with Crippen molar-refractivity contribution in [2.45, 2.75) is 57.3 Å². The summed E-state index contributed by atoms with van der Waals surface area (Å²) in [6.07, 6.45) is 3.83. The molecule has 2 rings (SSSR count). The molecule has 2 unspecified atom stereocenters. The third-order valence-electron chi connectivity index (χ3n) is 3.61. The molecule has 1 saturated carbocycles. The normalized spacial score (nSPS) is 25.7. The number of hydrogen-bond donors (Lipinski definition) is 2. The molecule has 0 amide bonds. The molecular weight excluding hydrogens is 228 g/mol. The van der Waals surface area contributed by atoms with Gasteiger partial charge in [-0.15, -0.1) is 0 Å². The Labute approximate surface area is 108 Å². The second kappa shape index (κ2) is 6.21. The molecule has 1 aromatic rings. The zero-order valence-electron chi connectivity index (χ0n) is 10.9. The Hall–Kier alpha value is -1.06. The highest BCUT2D eigenvalue weighted by molar-refractivity contribution is 5.28. The summed E-state index contributed by atoms with van der Waals surface area (Å²) in [6, 6.07) is 7.52. The van der Waals surface area contributed by atoms with Crippen LogP contribution in [0.1, 0.15) is 50.7 Å². The zero-order chi connectivity index (χ0) is 13.0. The standard InChI is InChI=1S/C15H22O3/c1-2-13(16)11-7-9-12(10-8-11)18-15-6-4-3-5-14(15)17/h7-10,13-17H,2-6H2,1H3/t13-,14?,15?/m1/s1. The number of rotatable bonds is 4. The monoisotopic (exact) mass is 250 g/mol. The van der Waals surface area contributed by atoms with Gasteiger partial charge in [0.15, 0.2) is 0 Å². The van der Waals surface area contributed by atoms with Crippen molar-refractivity contribution in [2.24, 2.45) is 0 Å². The molecule has 1 aliphatic rings. The van der Waals surface area contributed by atoms with Crippen LogP contribution in [0, 0.1) is 0 Å². The van der Waals surface area contributed by atoms with E-state index in [-0.39, 0.29) is 12.2 Å². The Morgan fingerprint density at radius 3 is 2.50 bits per heavy atom. The Balaban J connectivity index is 1.97. The van der Waals surface area contributed by atoms with Gasteiger partial charge in [-0.05, 0) is 43.4 Å². The quantitative estimate of drug-likeness (QED) is 0.864. The number of aliphatic hydroxyl groups excluding tert-OH is 2. The van der Waals surface area contributed by atoms with Crippen LogP contribution in [0.5, 0.6) is 5.75 Å². The highest BCUT2D eigenvalue weighted by Gasteiger charge is 2.24. The fraction of sp³-hybridized carbons (Fsp3) is 0.600. The molecule has 0 heterocycles. The lowest BCUT2D eigenvalue weighted by Crippen LogP contribution is -2.34. The fourth-order valence-corrected chi connectivity index (χ4v) is 2.39. The predicted molar refractivity (Wildman–Crippen MR) is 70.6 cm³/mol. The number of hydrogen-bond acceptors (Lipinski definition) is 3. The maximum Gasteiger partial charge on any atom is 0.124 e. The summed E-state index contributed by atoms with van der Waals surface area (Å²) >= 11 is 0. The maximum absolute atomic E-state index is 9.85. The molecule has 100 valence electrons. The van der Waals surface area contributed by atoms with Crippen molar-refractivity contribution in [3.05, 3.63) is 29.8 Å². The van der Waals surface area contributed by atoms with Crippen LogP contribution in [0.3, 0.4) is 0 Å². The summed E-state index contributed by atoms with van der Waals surface area (Å²) in [5.41, 5.74) is 0.911. The van der Waals surface area contributed by atoms with Crippen LogP contribution in [-0.2, 0) is 0 Å². The summed E-state index contributed by atoms with van der Waals surface area (Å²) in [4.78, 5) is 0. The second-order valence-electron chi connectivity index (χ2n) is 5.00. The first-order valence-electron chi connectivity index (χ1n) is 6.83. The van der Waals surface area contributed by atoms with E-state index in [1.165, 1.54) is 0 Å². The van der Waals surface area contributed by atoms with E-state index in [1.807, 2.05) is 31.2 Å². The van der Waals surface area contributed by atoms with Gasteiger partial charge in [0.05, 0.1) is 12.2 Å². The first-order valence-corrected chi connectivity index (χ1v) is 6.83. The Bertz CT molecular complexity index is 361. The van der Waals surface area contributed by atoms with Crippen molar-refractivity contribution in [3.63, 3.8) is 0 Å². The van der Waals surface area contributed by atoms with E-state index in [1.54, 1.807) is 0 Å². The summed E-state index contributed by atoms with van der Waals surface area (Å²) < 4.78 is 5.80. The molecule has 0 saturated heterocycles. The summed E-state index contributed by atoms with van der Waals surface area (Å²) in [5, 5.41) is 19.5. The van der Waals surface area contributed by atoms with Crippen molar-refractivity contribution < 1.29 is 14.9 Å². The van der Waals surface area contributed by atoms with Crippen LogP contribution in [0.2, 0.25) is 0 Å². The molecule has 3 heteroatoms. The first-order chi connectivity index (χ1) is 8.70. The molecule has 2 N–H and O–H groups in total. The van der Waals surface area contributed by atoms with Gasteiger partial charge in [-0.2, -0.15) is 0 Å². The van der Waals surface area contributed by atoms with Gasteiger partial charge in [0.1, 0.15) is 11.9 Å². The van der Waals surface area contributed by atoms with E-state index in [9.17, 15) is 10.2 Å².